The van der Waals surface area contributed by atoms with Gasteiger partial charge in [-0.3, -0.25) is 24.0 Å². The zero-order valence-electron chi connectivity index (χ0n) is 28.4. The minimum atomic E-state index is -1.80. The summed E-state index contributed by atoms with van der Waals surface area (Å²) in [5.41, 5.74) is 4.03. The molecule has 0 saturated carbocycles. The number of aromatic nitrogens is 3. The molecule has 20 heteroatoms. The Labute approximate surface area is 311 Å². The van der Waals surface area contributed by atoms with Gasteiger partial charge in [0.15, 0.2) is 28.0 Å². The fourth-order valence-corrected chi connectivity index (χ4v) is 8.50. The molecule has 2 saturated heterocycles. The van der Waals surface area contributed by atoms with E-state index in [0.29, 0.717) is 35.2 Å². The van der Waals surface area contributed by atoms with Crippen LogP contribution < -0.4 is 16.5 Å². The second kappa shape index (κ2) is 14.7. The molecule has 3 aliphatic heterocycles. The first-order chi connectivity index (χ1) is 24.6. The highest BCUT2D eigenvalue weighted by Gasteiger charge is 2.55. The van der Waals surface area contributed by atoms with Crippen molar-refractivity contribution in [2.75, 3.05) is 31.1 Å². The summed E-state index contributed by atoms with van der Waals surface area (Å²) in [4.78, 5) is 75.4. The number of anilines is 1. The van der Waals surface area contributed by atoms with E-state index in [4.69, 9.17) is 10.6 Å². The van der Waals surface area contributed by atoms with Crippen LogP contribution in [0.15, 0.2) is 38.7 Å². The molecule has 1 aromatic carbocycles. The van der Waals surface area contributed by atoms with Gasteiger partial charge in [-0.2, -0.15) is 5.10 Å². The SMILES string of the molecule is C.CCn1nc(C[N+]2(CC3=C(C(=O)O)N4C(=O)[C@@H](NC(=O)/C(=N\OC(C)(C)C(=O)O)c5csc(N)n5)[C@H]4SC3)CCCC2)c(=O)c2cc(O)c(O)cc21. The Hall–Kier alpha value is -5.21. The van der Waals surface area contributed by atoms with E-state index < -0.39 is 57.7 Å². The van der Waals surface area contributed by atoms with Gasteiger partial charge >= 0.3 is 11.9 Å². The number of aliphatic carboxylic acids is 2. The Bertz CT molecular complexity index is 2120. The topological polar surface area (TPSA) is 260 Å². The normalized spacial score (nSPS) is 19.7. The van der Waals surface area contributed by atoms with Gasteiger partial charge in [-0.25, -0.2) is 14.6 Å². The fourth-order valence-electron chi connectivity index (χ4n) is 6.62. The number of oxime groups is 1. The van der Waals surface area contributed by atoms with Crippen LogP contribution in [0.4, 0.5) is 5.13 Å². The van der Waals surface area contributed by atoms with E-state index in [1.54, 1.807) is 4.68 Å². The van der Waals surface area contributed by atoms with Gasteiger partial charge in [-0.1, -0.05) is 12.6 Å². The third kappa shape index (κ3) is 7.25. The van der Waals surface area contributed by atoms with Crippen molar-refractivity contribution >= 4 is 68.6 Å². The molecule has 53 heavy (non-hydrogen) atoms. The van der Waals surface area contributed by atoms with Gasteiger partial charge in [-0.05, 0) is 26.8 Å². The Kier molecular flexibility index (Phi) is 10.8. The van der Waals surface area contributed by atoms with E-state index in [2.05, 4.69) is 20.6 Å². The van der Waals surface area contributed by atoms with Gasteiger partial charge in [0.2, 0.25) is 11.0 Å². The number of likely N-dealkylation sites (tertiary alicyclic amines) is 1. The molecule has 5 heterocycles. The van der Waals surface area contributed by atoms with Crippen molar-refractivity contribution in [1.82, 2.24) is 25.0 Å². The lowest BCUT2D eigenvalue weighted by Gasteiger charge is -2.50. The summed E-state index contributed by atoms with van der Waals surface area (Å²) in [5, 5.41) is 51.9. The van der Waals surface area contributed by atoms with Crippen LogP contribution >= 0.6 is 23.1 Å². The lowest BCUT2D eigenvalue weighted by molar-refractivity contribution is -0.925. The zero-order valence-corrected chi connectivity index (χ0v) is 30.0. The third-order valence-corrected chi connectivity index (χ3v) is 11.4. The van der Waals surface area contributed by atoms with Crippen molar-refractivity contribution in [3.63, 3.8) is 0 Å². The molecule has 18 nitrogen and oxygen atoms in total. The van der Waals surface area contributed by atoms with Crippen molar-refractivity contribution in [1.29, 1.82) is 0 Å². The predicted octanol–water partition coefficient (Wildman–Crippen LogP) is 1.64. The molecule has 2 fully saturated rings. The molecule has 3 aromatic rings. The fraction of sp³-hybridized carbons (Fsp3) is 0.455. The van der Waals surface area contributed by atoms with Gasteiger partial charge < -0.3 is 40.8 Å². The molecule has 0 unspecified atom stereocenters. The number of nitrogens with zero attached hydrogens (tertiary/aromatic N) is 6. The van der Waals surface area contributed by atoms with Crippen LogP contribution in [-0.2, 0) is 37.1 Å². The van der Waals surface area contributed by atoms with E-state index in [9.17, 15) is 44.4 Å². The first kappa shape index (κ1) is 39.0. The van der Waals surface area contributed by atoms with Crippen molar-refractivity contribution in [3.05, 3.63) is 50.4 Å². The van der Waals surface area contributed by atoms with Crippen LogP contribution in [0, 0.1) is 0 Å². The number of aryl methyl sites for hydroxylation is 1. The Morgan fingerprint density at radius 2 is 1.81 bits per heavy atom. The van der Waals surface area contributed by atoms with E-state index in [1.807, 2.05) is 6.92 Å². The van der Waals surface area contributed by atoms with Crippen LogP contribution in [0.2, 0.25) is 0 Å². The number of hydrogen-bond donors (Lipinski definition) is 6. The molecule has 6 rings (SSSR count). The Morgan fingerprint density at radius 3 is 2.42 bits per heavy atom. The van der Waals surface area contributed by atoms with Crippen LogP contribution in [0.1, 0.15) is 52.4 Å². The van der Waals surface area contributed by atoms with E-state index in [1.165, 1.54) is 43.1 Å². The quantitative estimate of drug-likeness (QED) is 0.0503. The summed E-state index contributed by atoms with van der Waals surface area (Å²) >= 11 is 2.28. The number of phenols is 2. The number of quaternary nitrogens is 1. The van der Waals surface area contributed by atoms with Crippen molar-refractivity contribution in [2.24, 2.45) is 5.16 Å². The number of β-lactam (4-membered cyclic amide) rings is 1. The summed E-state index contributed by atoms with van der Waals surface area (Å²) in [7, 11) is 0. The van der Waals surface area contributed by atoms with Gasteiger partial charge in [0.05, 0.1) is 24.0 Å². The number of thiazole rings is 1. The highest BCUT2D eigenvalue weighted by Crippen LogP contribution is 2.42. The average molecular weight is 774 g/mol. The molecule has 2 aromatic heterocycles. The number of nitrogens with two attached hydrogens (primary N) is 1. The molecule has 7 N–H and O–H groups in total. The lowest BCUT2D eigenvalue weighted by atomic mass is 10.0. The summed E-state index contributed by atoms with van der Waals surface area (Å²) in [6.45, 7) is 6.36. The van der Waals surface area contributed by atoms with Gasteiger partial charge in [0.1, 0.15) is 35.9 Å². The Balaban J connectivity index is 0.00000541. The maximum Gasteiger partial charge on any atom is 0.352 e. The number of hydrogen-bond acceptors (Lipinski definition) is 14. The summed E-state index contributed by atoms with van der Waals surface area (Å²) in [6.07, 6.45) is 1.66. The number of rotatable bonds is 12. The molecule has 0 spiro atoms. The molecule has 284 valence electrons. The van der Waals surface area contributed by atoms with Crippen molar-refractivity contribution in [2.45, 2.75) is 71.1 Å². The molecular weight excluding hydrogens is 733 g/mol. The number of thioether (sulfide) groups is 1. The number of fused-ring (bicyclic) bond motifs is 2. The second-order valence-electron chi connectivity index (χ2n) is 13.3. The standard InChI is InChI=1S/C32H36N8O10S2.CH4/c1-4-38-19-10-21(42)20(41)9-16(19)25(43)17(36-38)12-40(7-5-6-8-40)11-15-13-51-28-23(27(45)39(28)24(15)29(46)47)35-26(44)22(18-14-52-31(33)34-18)37-50-32(2,3)30(48)49;/h9-10,14,23,28H,4-8,11-13H2,1-3H3,(H6-,33,34,35,36,37,41,42,43,44,46,47,48,49);1H4/p+1/t23-,28-;/m1./s1. The summed E-state index contributed by atoms with van der Waals surface area (Å²) < 4.78 is 1.90. The number of carbonyl (C=O) groups excluding carboxylic acids is 2. The van der Waals surface area contributed by atoms with E-state index in [-0.39, 0.29) is 59.6 Å². The number of nitrogen functional groups attached to an aromatic ring is 1. The lowest BCUT2D eigenvalue weighted by Crippen LogP contribution is -2.71. The number of carbonyl (C=O) groups is 4. The summed E-state index contributed by atoms with van der Waals surface area (Å²) in [6, 6.07) is 1.38. The minimum absolute atomic E-state index is 0. The van der Waals surface area contributed by atoms with Gasteiger partial charge in [0.25, 0.3) is 11.8 Å². The van der Waals surface area contributed by atoms with Crippen LogP contribution in [0.25, 0.3) is 10.9 Å². The highest BCUT2D eigenvalue weighted by molar-refractivity contribution is 8.00. The first-order valence-corrected chi connectivity index (χ1v) is 18.2. The molecule has 0 bridgehead atoms. The minimum Gasteiger partial charge on any atom is -0.504 e. The number of benzene rings is 1. The smallest absolute Gasteiger partial charge is 0.352 e. The maximum atomic E-state index is 13.7. The summed E-state index contributed by atoms with van der Waals surface area (Å²) in [5.74, 6) is -4.80. The van der Waals surface area contributed by atoms with Gasteiger partial charge in [0, 0.05) is 42.2 Å². The van der Waals surface area contributed by atoms with E-state index >= 15 is 0 Å². The zero-order chi connectivity index (χ0) is 37.7. The third-order valence-electron chi connectivity index (χ3n) is 9.34. The maximum absolute atomic E-state index is 13.7. The average Bonchev–Trinajstić information content (AvgIpc) is 3.74. The Morgan fingerprint density at radius 1 is 1.13 bits per heavy atom. The molecule has 0 aliphatic carbocycles. The van der Waals surface area contributed by atoms with Crippen molar-refractivity contribution < 1.29 is 48.9 Å². The van der Waals surface area contributed by atoms with Crippen LogP contribution in [0.5, 0.6) is 11.5 Å². The molecule has 0 radical (unpaired) electrons. The molecule has 2 atom stereocenters. The number of carboxylic acids is 2. The molecule has 2 amide bonds. The number of aromatic hydroxyl groups is 2. The van der Waals surface area contributed by atoms with E-state index in [0.717, 1.165) is 29.1 Å². The molecule has 3 aliphatic rings. The first-order valence-electron chi connectivity index (χ1n) is 16.3. The largest absolute Gasteiger partial charge is 0.504 e. The van der Waals surface area contributed by atoms with Crippen LogP contribution in [-0.4, -0.2) is 116 Å². The molecular formula is C33H41N8O10S2+. The predicted molar refractivity (Wildman–Crippen MR) is 195 cm³/mol. The number of phenolic OH excluding ortho intramolecular Hbond substituents is 2. The van der Waals surface area contributed by atoms with Crippen LogP contribution in [0.3, 0.4) is 0 Å². The van der Waals surface area contributed by atoms with Gasteiger partial charge in [-0.15, -0.1) is 23.1 Å². The number of carboxylic acid groups (broad SMARTS) is 2. The van der Waals surface area contributed by atoms with Crippen molar-refractivity contribution in [3.8, 4) is 11.5 Å². The number of nitrogens with one attached hydrogen (secondary N) is 1. The number of amides is 2. The highest BCUT2D eigenvalue weighted by atomic mass is 32.2. The second-order valence-corrected chi connectivity index (χ2v) is 15.3. The monoisotopic (exact) mass is 773 g/mol.